The highest BCUT2D eigenvalue weighted by Gasteiger charge is 2.37. The fourth-order valence-electron chi connectivity index (χ4n) is 3.29. The molecule has 1 aromatic rings. The summed E-state index contributed by atoms with van der Waals surface area (Å²) < 4.78 is 5.77. The average molecular weight is 240 g/mol. The topological polar surface area (TPSA) is 9.23 Å². The van der Waals surface area contributed by atoms with E-state index in [1.54, 1.807) is 5.57 Å². The molecule has 0 bridgehead atoms. The average Bonchev–Trinajstić information content (AvgIpc) is 2.86. The Kier molecular flexibility index (Phi) is 2.87. The SMILES string of the molecule is CO[C@@]1(C)CC2=C(CC=C2)[C@H](c2ccccc2)C1. The lowest BCUT2D eigenvalue weighted by Crippen LogP contribution is -2.34. The summed E-state index contributed by atoms with van der Waals surface area (Å²) in [7, 11) is 1.84. The quantitative estimate of drug-likeness (QED) is 0.752. The normalized spacial score (nSPS) is 30.7. The number of rotatable bonds is 2. The third-order valence-corrected chi connectivity index (χ3v) is 4.38. The highest BCUT2D eigenvalue weighted by Crippen LogP contribution is 2.47. The Balaban J connectivity index is 2.01. The lowest BCUT2D eigenvalue weighted by molar-refractivity contribution is -0.00822. The second kappa shape index (κ2) is 4.40. The standard InChI is InChI=1S/C17H20O/c1-17(18-2)11-14-9-6-10-15(14)16(12-17)13-7-4-3-5-8-13/h3-9,16H,10-12H2,1-2H3/t16-,17-/m0/s1. The molecule has 0 fully saturated rings. The van der Waals surface area contributed by atoms with Crippen molar-refractivity contribution < 1.29 is 4.74 Å². The predicted octanol–water partition coefficient (Wildman–Crippen LogP) is 4.23. The number of hydrogen-bond acceptors (Lipinski definition) is 1. The Morgan fingerprint density at radius 1 is 1.22 bits per heavy atom. The van der Waals surface area contributed by atoms with Crippen molar-refractivity contribution in [1.82, 2.24) is 0 Å². The molecule has 0 saturated heterocycles. The first kappa shape index (κ1) is 11.7. The van der Waals surface area contributed by atoms with Gasteiger partial charge in [0.05, 0.1) is 5.60 Å². The van der Waals surface area contributed by atoms with Crippen LogP contribution in [0.2, 0.25) is 0 Å². The highest BCUT2D eigenvalue weighted by molar-refractivity contribution is 5.44. The minimum atomic E-state index is -0.0198. The van der Waals surface area contributed by atoms with Crippen LogP contribution >= 0.6 is 0 Å². The molecule has 1 aromatic carbocycles. The van der Waals surface area contributed by atoms with Gasteiger partial charge in [-0.15, -0.1) is 0 Å². The zero-order valence-corrected chi connectivity index (χ0v) is 11.1. The molecule has 0 spiro atoms. The van der Waals surface area contributed by atoms with Crippen LogP contribution in [-0.4, -0.2) is 12.7 Å². The van der Waals surface area contributed by atoms with Gasteiger partial charge < -0.3 is 4.74 Å². The molecule has 0 saturated carbocycles. The van der Waals surface area contributed by atoms with Crippen molar-refractivity contribution in [2.45, 2.75) is 37.7 Å². The number of ether oxygens (including phenoxy) is 1. The molecule has 2 atom stereocenters. The van der Waals surface area contributed by atoms with E-state index < -0.39 is 0 Å². The van der Waals surface area contributed by atoms with Crippen molar-refractivity contribution in [2.24, 2.45) is 0 Å². The first-order valence-corrected chi connectivity index (χ1v) is 6.70. The molecule has 0 heterocycles. The molecule has 0 N–H and O–H groups in total. The van der Waals surface area contributed by atoms with Crippen molar-refractivity contribution in [1.29, 1.82) is 0 Å². The van der Waals surface area contributed by atoms with Gasteiger partial charge in [0.2, 0.25) is 0 Å². The minimum absolute atomic E-state index is 0.0198. The fourth-order valence-corrected chi connectivity index (χ4v) is 3.29. The maximum absolute atomic E-state index is 5.77. The van der Waals surface area contributed by atoms with Crippen LogP contribution in [0.4, 0.5) is 0 Å². The lowest BCUT2D eigenvalue weighted by atomic mass is 9.73. The molecule has 2 aliphatic carbocycles. The van der Waals surface area contributed by atoms with Crippen molar-refractivity contribution in [3.05, 3.63) is 59.2 Å². The van der Waals surface area contributed by atoms with E-state index in [0.717, 1.165) is 19.3 Å². The first-order chi connectivity index (χ1) is 8.72. The minimum Gasteiger partial charge on any atom is -0.378 e. The molecule has 3 rings (SSSR count). The van der Waals surface area contributed by atoms with Crippen LogP contribution in [0.1, 0.15) is 37.7 Å². The Morgan fingerprint density at radius 2 is 2.00 bits per heavy atom. The van der Waals surface area contributed by atoms with Gasteiger partial charge in [-0.3, -0.25) is 0 Å². The zero-order valence-electron chi connectivity index (χ0n) is 11.1. The second-order valence-corrected chi connectivity index (χ2v) is 5.66. The van der Waals surface area contributed by atoms with E-state index in [4.69, 9.17) is 4.74 Å². The van der Waals surface area contributed by atoms with E-state index in [-0.39, 0.29) is 5.60 Å². The van der Waals surface area contributed by atoms with E-state index in [9.17, 15) is 0 Å². The summed E-state index contributed by atoms with van der Waals surface area (Å²) in [5.41, 5.74) is 4.51. The van der Waals surface area contributed by atoms with Crippen LogP contribution in [0.3, 0.4) is 0 Å². The highest BCUT2D eigenvalue weighted by atomic mass is 16.5. The molecular weight excluding hydrogens is 220 g/mol. The summed E-state index contributed by atoms with van der Waals surface area (Å²) in [6.45, 7) is 2.24. The molecule has 0 aliphatic heterocycles. The van der Waals surface area contributed by atoms with Crippen molar-refractivity contribution in [3.63, 3.8) is 0 Å². The van der Waals surface area contributed by atoms with Crippen LogP contribution < -0.4 is 0 Å². The maximum atomic E-state index is 5.77. The molecule has 0 amide bonds. The monoisotopic (exact) mass is 240 g/mol. The van der Waals surface area contributed by atoms with Gasteiger partial charge in [-0.05, 0) is 30.9 Å². The summed E-state index contributed by atoms with van der Waals surface area (Å²) in [4.78, 5) is 0. The number of benzene rings is 1. The predicted molar refractivity (Wildman–Crippen MR) is 74.6 cm³/mol. The molecule has 0 unspecified atom stereocenters. The molecule has 94 valence electrons. The third-order valence-electron chi connectivity index (χ3n) is 4.38. The molecule has 0 radical (unpaired) electrons. The van der Waals surface area contributed by atoms with Gasteiger partial charge in [0.15, 0.2) is 0 Å². The zero-order chi connectivity index (χ0) is 12.6. The van der Waals surface area contributed by atoms with Crippen molar-refractivity contribution >= 4 is 0 Å². The largest absolute Gasteiger partial charge is 0.378 e. The van der Waals surface area contributed by atoms with Gasteiger partial charge in [-0.2, -0.15) is 0 Å². The van der Waals surface area contributed by atoms with Crippen LogP contribution in [0.5, 0.6) is 0 Å². The van der Waals surface area contributed by atoms with Crippen molar-refractivity contribution in [2.75, 3.05) is 7.11 Å². The first-order valence-electron chi connectivity index (χ1n) is 6.70. The van der Waals surface area contributed by atoms with E-state index >= 15 is 0 Å². The fraction of sp³-hybridized carbons (Fsp3) is 0.412. The van der Waals surface area contributed by atoms with Gasteiger partial charge in [-0.25, -0.2) is 0 Å². The molecule has 18 heavy (non-hydrogen) atoms. The Bertz CT molecular complexity index is 498. The van der Waals surface area contributed by atoms with Gasteiger partial charge >= 0.3 is 0 Å². The maximum Gasteiger partial charge on any atom is 0.0699 e. The van der Waals surface area contributed by atoms with E-state index in [1.165, 1.54) is 11.1 Å². The number of allylic oxidation sites excluding steroid dienone is 3. The van der Waals surface area contributed by atoms with Gasteiger partial charge in [-0.1, -0.05) is 48.1 Å². The van der Waals surface area contributed by atoms with Crippen LogP contribution in [0, 0.1) is 0 Å². The smallest absolute Gasteiger partial charge is 0.0699 e. The van der Waals surface area contributed by atoms with Crippen LogP contribution in [-0.2, 0) is 4.74 Å². The molecule has 2 aliphatic rings. The van der Waals surface area contributed by atoms with E-state index in [0.29, 0.717) is 5.92 Å². The van der Waals surface area contributed by atoms with E-state index in [1.807, 2.05) is 7.11 Å². The molecule has 0 aromatic heterocycles. The summed E-state index contributed by atoms with van der Waals surface area (Å²) >= 11 is 0. The van der Waals surface area contributed by atoms with Crippen LogP contribution in [0.25, 0.3) is 0 Å². The molecule has 1 heteroatoms. The Morgan fingerprint density at radius 3 is 2.72 bits per heavy atom. The number of methoxy groups -OCH3 is 1. The Hall–Kier alpha value is -1.34. The third kappa shape index (κ3) is 1.93. The van der Waals surface area contributed by atoms with Gasteiger partial charge in [0.1, 0.15) is 0 Å². The molecular formula is C17H20O. The van der Waals surface area contributed by atoms with Gasteiger partial charge in [0.25, 0.3) is 0 Å². The summed E-state index contributed by atoms with van der Waals surface area (Å²) in [6, 6.07) is 10.8. The summed E-state index contributed by atoms with van der Waals surface area (Å²) in [5.74, 6) is 0.523. The second-order valence-electron chi connectivity index (χ2n) is 5.66. The summed E-state index contributed by atoms with van der Waals surface area (Å²) in [6.07, 6.45) is 7.85. The van der Waals surface area contributed by atoms with Gasteiger partial charge in [0, 0.05) is 19.4 Å². The number of hydrogen-bond donors (Lipinski definition) is 0. The van der Waals surface area contributed by atoms with E-state index in [2.05, 4.69) is 49.4 Å². The lowest BCUT2D eigenvalue weighted by Gasteiger charge is -2.38. The summed E-state index contributed by atoms with van der Waals surface area (Å²) in [5, 5.41) is 0. The molecule has 1 nitrogen and oxygen atoms in total. The Labute approximate surface area is 109 Å². The van der Waals surface area contributed by atoms with Crippen LogP contribution in [0.15, 0.2) is 53.6 Å². The van der Waals surface area contributed by atoms with Crippen molar-refractivity contribution in [3.8, 4) is 0 Å².